The molecule has 0 bridgehead atoms. The predicted molar refractivity (Wildman–Crippen MR) is 64.1 cm³/mol. The average Bonchev–Trinajstić information content (AvgIpc) is 2.65. The fourth-order valence-electron chi connectivity index (χ4n) is 1.30. The first-order valence-corrected chi connectivity index (χ1v) is 6.29. The third kappa shape index (κ3) is 4.39. The molecule has 4 heteroatoms. The molecular formula is C12H13NaO3. The number of hydrogen-bond acceptors (Lipinski definition) is 2. The summed E-state index contributed by atoms with van der Waals surface area (Å²) in [5.74, 6) is -0.711. The van der Waals surface area contributed by atoms with Crippen LogP contribution < -0.4 is 2.81 Å². The Morgan fingerprint density at radius 3 is 2.75 bits per heavy atom. The molecule has 0 amide bonds. The number of carbonyl (C=O) groups is 1. The van der Waals surface area contributed by atoms with Crippen molar-refractivity contribution in [1.82, 2.24) is 0 Å². The van der Waals surface area contributed by atoms with Crippen molar-refractivity contribution in [2.24, 2.45) is 0 Å². The molecule has 0 fully saturated rings. The molecule has 1 aromatic carbocycles. The Balaban J connectivity index is 0.000000187. The first kappa shape index (κ1) is 13.3. The number of benzene rings is 1. The Bertz CT molecular complexity index is 462. The van der Waals surface area contributed by atoms with E-state index in [-0.39, 0.29) is 0 Å². The quantitative estimate of drug-likeness (QED) is 0.801. The summed E-state index contributed by atoms with van der Waals surface area (Å²) >= 11 is 1.11. The van der Waals surface area contributed by atoms with Crippen LogP contribution in [0.1, 0.15) is 19.8 Å². The summed E-state index contributed by atoms with van der Waals surface area (Å²) in [5.41, 5.74) is 0.986. The van der Waals surface area contributed by atoms with E-state index in [0.717, 1.165) is 39.9 Å². The molecule has 2 rings (SSSR count). The van der Waals surface area contributed by atoms with E-state index in [1.54, 1.807) is 6.26 Å². The predicted octanol–water partition coefficient (Wildman–Crippen LogP) is 2.10. The van der Waals surface area contributed by atoms with Crippen molar-refractivity contribution in [3.8, 4) is 0 Å². The molecule has 0 spiro atoms. The number of fused-ring (bicyclic) bond motifs is 1. The number of carboxylic acid groups (broad SMARTS) is 1. The van der Waals surface area contributed by atoms with Gasteiger partial charge in [-0.25, -0.2) is 0 Å². The van der Waals surface area contributed by atoms with Gasteiger partial charge in [0.25, 0.3) is 0 Å². The summed E-state index contributed by atoms with van der Waals surface area (Å²) in [6, 6.07) is 8.30. The van der Waals surface area contributed by atoms with Gasteiger partial charge >= 0.3 is 82.6 Å². The van der Waals surface area contributed by atoms with Gasteiger partial charge in [0.2, 0.25) is 0 Å². The number of aliphatic carboxylic acids is 1. The molecule has 80 valence electrons. The molecule has 1 N–H and O–H groups in total. The molecule has 0 aliphatic heterocycles. The number of furan rings is 1. The minimum absolute atomic E-state index is 0.292. The molecule has 0 atom stereocenters. The van der Waals surface area contributed by atoms with Crippen LogP contribution in [0.5, 0.6) is 0 Å². The van der Waals surface area contributed by atoms with Crippen LogP contribution in [0.4, 0.5) is 0 Å². The summed E-state index contributed by atoms with van der Waals surface area (Å²) in [6.07, 6.45) is 2.75. The van der Waals surface area contributed by atoms with Gasteiger partial charge in [0.1, 0.15) is 0 Å². The molecule has 3 nitrogen and oxygen atoms in total. The van der Waals surface area contributed by atoms with Crippen LogP contribution in [0, 0.1) is 0 Å². The van der Waals surface area contributed by atoms with Crippen LogP contribution in [-0.4, -0.2) is 39.0 Å². The zero-order valence-electron chi connectivity index (χ0n) is 9.56. The molecule has 0 unspecified atom stereocenters. The normalized spacial score (nSPS) is 9.69. The molecule has 2 aromatic rings. The fraction of sp³-hybridized carbons (Fsp3) is 0.250. The Labute approximate surface area is 112 Å². The SMILES string of the molecule is CCCC(=O)O.[Na][c]1ccc2occc2c1. The standard InChI is InChI=1S/C8H5O.C4H8O2.Na/c1-2-4-8-7(3-1)5-6-9-8;1-2-3-4(5)6;/h2-6H;2-3H2,1H3,(H,5,6);. The molecule has 0 aliphatic carbocycles. The maximum absolute atomic E-state index is 9.60. The molecule has 1 heterocycles. The maximum atomic E-state index is 9.60. The van der Waals surface area contributed by atoms with E-state index < -0.39 is 5.97 Å². The van der Waals surface area contributed by atoms with E-state index >= 15 is 0 Å². The van der Waals surface area contributed by atoms with Crippen LogP contribution in [0.25, 0.3) is 11.0 Å². The van der Waals surface area contributed by atoms with E-state index in [9.17, 15) is 4.79 Å². The van der Waals surface area contributed by atoms with Crippen molar-refractivity contribution in [2.75, 3.05) is 0 Å². The molecule has 0 aliphatic rings. The number of rotatable bonds is 2. The average molecular weight is 228 g/mol. The van der Waals surface area contributed by atoms with E-state index in [1.807, 2.05) is 19.1 Å². The third-order valence-electron chi connectivity index (χ3n) is 2.07. The second kappa shape index (κ2) is 6.74. The van der Waals surface area contributed by atoms with Crippen LogP contribution in [0.2, 0.25) is 0 Å². The van der Waals surface area contributed by atoms with Crippen molar-refractivity contribution < 1.29 is 14.3 Å². The van der Waals surface area contributed by atoms with Gasteiger partial charge in [0.15, 0.2) is 0 Å². The Morgan fingerprint density at radius 1 is 1.44 bits per heavy atom. The van der Waals surface area contributed by atoms with Crippen molar-refractivity contribution in [2.45, 2.75) is 19.8 Å². The fourth-order valence-corrected chi connectivity index (χ4v) is 1.78. The molecule has 1 aromatic heterocycles. The van der Waals surface area contributed by atoms with Crippen molar-refractivity contribution in [3.63, 3.8) is 0 Å². The van der Waals surface area contributed by atoms with Gasteiger partial charge in [-0.3, -0.25) is 4.79 Å². The summed E-state index contributed by atoms with van der Waals surface area (Å²) in [6.45, 7) is 1.84. The zero-order valence-corrected chi connectivity index (χ0v) is 11.6. The van der Waals surface area contributed by atoms with Crippen LogP contribution in [-0.2, 0) is 4.79 Å². The van der Waals surface area contributed by atoms with Crippen molar-refractivity contribution >= 4 is 47.7 Å². The molecule has 16 heavy (non-hydrogen) atoms. The summed E-state index contributed by atoms with van der Waals surface area (Å²) in [4.78, 5) is 9.60. The van der Waals surface area contributed by atoms with Crippen LogP contribution in [0.3, 0.4) is 0 Å². The zero-order chi connectivity index (χ0) is 12.0. The van der Waals surface area contributed by atoms with Crippen LogP contribution in [0.15, 0.2) is 34.9 Å². The summed E-state index contributed by atoms with van der Waals surface area (Å²) < 4.78 is 6.60. The van der Waals surface area contributed by atoms with Gasteiger partial charge in [-0.15, -0.1) is 0 Å². The molecular weight excluding hydrogens is 215 g/mol. The van der Waals surface area contributed by atoms with E-state index in [2.05, 4.69) is 12.1 Å². The number of hydrogen-bond donors (Lipinski definition) is 1. The Morgan fingerprint density at radius 2 is 2.19 bits per heavy atom. The van der Waals surface area contributed by atoms with Gasteiger partial charge in [-0.1, -0.05) is 6.92 Å². The van der Waals surface area contributed by atoms with Crippen molar-refractivity contribution in [1.29, 1.82) is 0 Å². The first-order valence-electron chi connectivity index (χ1n) is 5.29. The van der Waals surface area contributed by atoms with Crippen LogP contribution >= 0.6 is 0 Å². The first-order chi connectivity index (χ1) is 7.63. The van der Waals surface area contributed by atoms with E-state index in [1.165, 1.54) is 8.20 Å². The number of carboxylic acids is 1. The third-order valence-corrected chi connectivity index (χ3v) is 2.69. The van der Waals surface area contributed by atoms with Gasteiger partial charge in [-0.05, 0) is 6.42 Å². The second-order valence-electron chi connectivity index (χ2n) is 3.61. The topological polar surface area (TPSA) is 50.4 Å². The Kier molecular flexibility index (Phi) is 5.60. The van der Waals surface area contributed by atoms with E-state index in [4.69, 9.17) is 9.52 Å². The molecule has 0 saturated carbocycles. The second-order valence-corrected chi connectivity index (χ2v) is 4.76. The summed E-state index contributed by atoms with van der Waals surface area (Å²) in [7, 11) is 0. The monoisotopic (exact) mass is 228 g/mol. The minimum atomic E-state index is -0.711. The van der Waals surface area contributed by atoms with Gasteiger partial charge in [0.05, 0.1) is 0 Å². The van der Waals surface area contributed by atoms with Gasteiger partial charge in [-0.2, -0.15) is 0 Å². The molecule has 0 saturated heterocycles. The Hall–Kier alpha value is -0.770. The van der Waals surface area contributed by atoms with Gasteiger partial charge in [0, 0.05) is 6.42 Å². The van der Waals surface area contributed by atoms with Gasteiger partial charge < -0.3 is 5.11 Å². The molecule has 0 radical (unpaired) electrons. The summed E-state index contributed by atoms with van der Waals surface area (Å²) in [5, 5.41) is 9.13. The van der Waals surface area contributed by atoms with E-state index in [0.29, 0.717) is 6.42 Å². The van der Waals surface area contributed by atoms with Crippen molar-refractivity contribution in [3.05, 3.63) is 30.5 Å².